The van der Waals surface area contributed by atoms with E-state index in [1.54, 1.807) is 55.6 Å². The molecule has 2 amide bonds. The van der Waals surface area contributed by atoms with Crippen LogP contribution in [0.3, 0.4) is 0 Å². The van der Waals surface area contributed by atoms with Crippen LogP contribution in [0.1, 0.15) is 43.0 Å². The van der Waals surface area contributed by atoms with Gasteiger partial charge in [0, 0.05) is 23.4 Å². The molecule has 0 heterocycles. The minimum absolute atomic E-state index is 0.0631. The summed E-state index contributed by atoms with van der Waals surface area (Å²) in [5.74, 6) is 1.62. The number of nitrogens with one attached hydrogen (secondary N) is 2. The molecule has 29 heavy (non-hydrogen) atoms. The van der Waals surface area contributed by atoms with E-state index in [-0.39, 0.29) is 24.5 Å². The minimum Gasteiger partial charge on any atom is -0.497 e. The fourth-order valence-electron chi connectivity index (χ4n) is 3.42. The van der Waals surface area contributed by atoms with Crippen LogP contribution in [0.2, 0.25) is 0 Å². The monoisotopic (exact) mass is 396 g/mol. The van der Waals surface area contributed by atoms with Crippen LogP contribution in [0.15, 0.2) is 48.5 Å². The lowest BCUT2D eigenvalue weighted by atomic mass is 9.87. The Bertz CT molecular complexity index is 827. The first kappa shape index (κ1) is 20.7. The van der Waals surface area contributed by atoms with Gasteiger partial charge in [0.25, 0.3) is 11.8 Å². The van der Waals surface area contributed by atoms with E-state index in [0.717, 1.165) is 31.6 Å². The average Bonchev–Trinajstić information content (AvgIpc) is 2.74. The van der Waals surface area contributed by atoms with Gasteiger partial charge in [-0.2, -0.15) is 0 Å². The standard InChI is InChI=1S/C23H28N2O4/c1-16-6-10-18(11-7-16)25-23(27)17-8-12-20(13-9-17)29-15-22(26)24-19-4-3-5-21(14-19)28-2/h3-5,8-9,12-14,16,18H,6-7,10-11,15H2,1-2H3,(H,24,26)(H,25,27). The second kappa shape index (κ2) is 9.96. The molecular formula is C23H28N2O4. The van der Waals surface area contributed by atoms with E-state index in [9.17, 15) is 9.59 Å². The van der Waals surface area contributed by atoms with Gasteiger partial charge in [-0.3, -0.25) is 9.59 Å². The Morgan fingerprint density at radius 3 is 2.41 bits per heavy atom. The van der Waals surface area contributed by atoms with Crippen LogP contribution in [0.5, 0.6) is 11.5 Å². The lowest BCUT2D eigenvalue weighted by Gasteiger charge is -2.26. The molecule has 3 rings (SSSR count). The lowest BCUT2D eigenvalue weighted by Crippen LogP contribution is -2.37. The Kier molecular flexibility index (Phi) is 7.11. The van der Waals surface area contributed by atoms with Crippen molar-refractivity contribution in [3.05, 3.63) is 54.1 Å². The maximum atomic E-state index is 12.4. The smallest absolute Gasteiger partial charge is 0.262 e. The summed E-state index contributed by atoms with van der Waals surface area (Å²) in [6.07, 6.45) is 4.40. The van der Waals surface area contributed by atoms with Crippen LogP contribution in [-0.4, -0.2) is 31.6 Å². The number of hydrogen-bond acceptors (Lipinski definition) is 4. The first-order valence-electron chi connectivity index (χ1n) is 10.0. The van der Waals surface area contributed by atoms with Crippen LogP contribution in [0, 0.1) is 5.92 Å². The molecule has 0 aliphatic heterocycles. The number of rotatable bonds is 7. The number of hydrogen-bond donors (Lipinski definition) is 2. The zero-order valence-electron chi connectivity index (χ0n) is 16.9. The predicted molar refractivity (Wildman–Crippen MR) is 112 cm³/mol. The molecule has 1 fully saturated rings. The van der Waals surface area contributed by atoms with Crippen LogP contribution in [0.25, 0.3) is 0 Å². The van der Waals surface area contributed by atoms with E-state index >= 15 is 0 Å². The summed E-state index contributed by atoms with van der Waals surface area (Å²) < 4.78 is 10.7. The number of benzene rings is 2. The molecule has 0 aromatic heterocycles. The molecule has 1 saturated carbocycles. The minimum atomic E-state index is -0.272. The van der Waals surface area contributed by atoms with E-state index in [2.05, 4.69) is 17.6 Å². The highest BCUT2D eigenvalue weighted by molar-refractivity contribution is 5.94. The van der Waals surface area contributed by atoms with Crippen LogP contribution >= 0.6 is 0 Å². The highest BCUT2D eigenvalue weighted by atomic mass is 16.5. The van der Waals surface area contributed by atoms with Crippen LogP contribution in [-0.2, 0) is 4.79 Å². The van der Waals surface area contributed by atoms with Crippen molar-refractivity contribution in [2.75, 3.05) is 19.0 Å². The van der Waals surface area contributed by atoms with Crippen molar-refractivity contribution < 1.29 is 19.1 Å². The molecule has 0 spiro atoms. The Morgan fingerprint density at radius 1 is 1.00 bits per heavy atom. The van der Waals surface area contributed by atoms with Gasteiger partial charge in [-0.25, -0.2) is 0 Å². The Labute approximate surface area is 171 Å². The fraction of sp³-hybridized carbons (Fsp3) is 0.391. The van der Waals surface area contributed by atoms with Crippen molar-refractivity contribution in [2.24, 2.45) is 5.92 Å². The number of ether oxygens (including phenoxy) is 2. The van der Waals surface area contributed by atoms with Crippen LogP contribution < -0.4 is 20.1 Å². The zero-order valence-corrected chi connectivity index (χ0v) is 16.9. The Morgan fingerprint density at radius 2 is 1.72 bits per heavy atom. The first-order valence-corrected chi connectivity index (χ1v) is 10.0. The largest absolute Gasteiger partial charge is 0.497 e. The van der Waals surface area contributed by atoms with Gasteiger partial charge in [-0.15, -0.1) is 0 Å². The highest BCUT2D eigenvalue weighted by Crippen LogP contribution is 2.24. The van der Waals surface area contributed by atoms with Crippen molar-refractivity contribution in [1.29, 1.82) is 0 Å². The van der Waals surface area contributed by atoms with E-state index in [4.69, 9.17) is 9.47 Å². The van der Waals surface area contributed by atoms with Crippen molar-refractivity contribution in [1.82, 2.24) is 5.32 Å². The van der Waals surface area contributed by atoms with Crippen molar-refractivity contribution in [3.8, 4) is 11.5 Å². The summed E-state index contributed by atoms with van der Waals surface area (Å²) in [5.41, 5.74) is 1.24. The van der Waals surface area contributed by atoms with Gasteiger partial charge in [-0.1, -0.05) is 13.0 Å². The van der Waals surface area contributed by atoms with Gasteiger partial charge < -0.3 is 20.1 Å². The summed E-state index contributed by atoms with van der Waals surface area (Å²) in [4.78, 5) is 24.5. The second-order valence-electron chi connectivity index (χ2n) is 7.52. The van der Waals surface area contributed by atoms with E-state index < -0.39 is 0 Å². The van der Waals surface area contributed by atoms with Gasteiger partial charge in [0.2, 0.25) is 0 Å². The molecule has 0 bridgehead atoms. The Hall–Kier alpha value is -3.02. The number of amides is 2. The number of carbonyl (C=O) groups is 2. The summed E-state index contributed by atoms with van der Waals surface area (Å²) in [7, 11) is 1.57. The molecule has 6 heteroatoms. The Balaban J connectivity index is 1.46. The van der Waals surface area contributed by atoms with Gasteiger partial charge in [0.1, 0.15) is 11.5 Å². The van der Waals surface area contributed by atoms with Crippen LogP contribution in [0.4, 0.5) is 5.69 Å². The third kappa shape index (κ3) is 6.24. The number of carbonyl (C=O) groups excluding carboxylic acids is 2. The second-order valence-corrected chi connectivity index (χ2v) is 7.52. The normalized spacial score (nSPS) is 18.6. The molecular weight excluding hydrogens is 368 g/mol. The molecule has 154 valence electrons. The molecule has 0 atom stereocenters. The summed E-state index contributed by atoms with van der Waals surface area (Å²) in [6, 6.07) is 14.2. The molecule has 0 radical (unpaired) electrons. The lowest BCUT2D eigenvalue weighted by molar-refractivity contribution is -0.118. The molecule has 1 aliphatic carbocycles. The molecule has 2 N–H and O–H groups in total. The third-order valence-corrected chi connectivity index (χ3v) is 5.19. The topological polar surface area (TPSA) is 76.7 Å². The maximum Gasteiger partial charge on any atom is 0.262 e. The molecule has 2 aromatic carbocycles. The number of methoxy groups -OCH3 is 1. The third-order valence-electron chi connectivity index (χ3n) is 5.19. The van der Waals surface area contributed by atoms with E-state index in [1.807, 2.05) is 0 Å². The summed E-state index contributed by atoms with van der Waals surface area (Å²) in [6.45, 7) is 2.14. The van der Waals surface area contributed by atoms with E-state index in [1.165, 1.54) is 0 Å². The SMILES string of the molecule is COc1cccc(NC(=O)COc2ccc(C(=O)NC3CCC(C)CC3)cc2)c1. The quantitative estimate of drug-likeness (QED) is 0.741. The molecule has 0 unspecified atom stereocenters. The summed E-state index contributed by atoms with van der Waals surface area (Å²) in [5, 5.41) is 5.86. The van der Waals surface area contributed by atoms with Crippen molar-refractivity contribution >= 4 is 17.5 Å². The summed E-state index contributed by atoms with van der Waals surface area (Å²) >= 11 is 0. The van der Waals surface area contributed by atoms with Crippen molar-refractivity contribution in [3.63, 3.8) is 0 Å². The first-order chi connectivity index (χ1) is 14.0. The molecule has 2 aromatic rings. The number of anilines is 1. The zero-order chi connectivity index (χ0) is 20.6. The maximum absolute atomic E-state index is 12.4. The van der Waals surface area contributed by atoms with Gasteiger partial charge in [0.05, 0.1) is 7.11 Å². The van der Waals surface area contributed by atoms with Crippen molar-refractivity contribution in [2.45, 2.75) is 38.6 Å². The molecule has 0 saturated heterocycles. The fourth-order valence-corrected chi connectivity index (χ4v) is 3.42. The molecule has 1 aliphatic rings. The average molecular weight is 396 g/mol. The van der Waals surface area contributed by atoms with Gasteiger partial charge >= 0.3 is 0 Å². The highest BCUT2D eigenvalue weighted by Gasteiger charge is 2.20. The molecule has 6 nitrogen and oxygen atoms in total. The van der Waals surface area contributed by atoms with E-state index in [0.29, 0.717) is 22.7 Å². The van der Waals surface area contributed by atoms with Gasteiger partial charge in [0.15, 0.2) is 6.61 Å². The van der Waals surface area contributed by atoms with Gasteiger partial charge in [-0.05, 0) is 68.0 Å². The predicted octanol–water partition coefficient (Wildman–Crippen LogP) is 4.02.